The summed E-state index contributed by atoms with van der Waals surface area (Å²) in [5.41, 5.74) is 1.21. The second-order valence-electron chi connectivity index (χ2n) is 5.56. The van der Waals surface area contributed by atoms with Gasteiger partial charge in [-0.3, -0.25) is 4.79 Å². The van der Waals surface area contributed by atoms with E-state index in [4.69, 9.17) is 4.74 Å². The minimum atomic E-state index is -0.210. The maximum absolute atomic E-state index is 11.9. The minimum absolute atomic E-state index is 0.0469. The summed E-state index contributed by atoms with van der Waals surface area (Å²) in [6.07, 6.45) is 2.10. The predicted octanol–water partition coefficient (Wildman–Crippen LogP) is 2.66. The molecule has 0 bridgehead atoms. The molecule has 0 aliphatic rings. The molecule has 0 heterocycles. The zero-order chi connectivity index (χ0) is 15.7. The predicted molar refractivity (Wildman–Crippen MR) is 86.7 cm³/mol. The third-order valence-electron chi connectivity index (χ3n) is 3.28. The SMILES string of the molecule is CCCCNC(=O)C(C)NC(C)COc1ccc(C)cc1. The highest BCUT2D eigenvalue weighted by atomic mass is 16.5. The molecule has 4 heteroatoms. The fraction of sp³-hybridized carbons (Fsp3) is 0.588. The van der Waals surface area contributed by atoms with E-state index in [0.29, 0.717) is 6.61 Å². The van der Waals surface area contributed by atoms with Crippen LogP contribution < -0.4 is 15.4 Å². The standard InChI is InChI=1S/C17H28N2O2/c1-5-6-11-18-17(20)15(4)19-14(3)12-21-16-9-7-13(2)8-10-16/h7-10,14-15,19H,5-6,11-12H2,1-4H3,(H,18,20). The summed E-state index contributed by atoms with van der Waals surface area (Å²) in [5.74, 6) is 0.903. The Kier molecular flexibility index (Phi) is 7.83. The largest absolute Gasteiger partial charge is 0.492 e. The van der Waals surface area contributed by atoms with E-state index < -0.39 is 0 Å². The van der Waals surface area contributed by atoms with E-state index >= 15 is 0 Å². The molecule has 0 fully saturated rings. The van der Waals surface area contributed by atoms with Crippen molar-refractivity contribution >= 4 is 5.91 Å². The van der Waals surface area contributed by atoms with Gasteiger partial charge in [-0.15, -0.1) is 0 Å². The fourth-order valence-electron chi connectivity index (χ4n) is 1.95. The Hall–Kier alpha value is -1.55. The smallest absolute Gasteiger partial charge is 0.236 e. The molecule has 0 saturated carbocycles. The van der Waals surface area contributed by atoms with E-state index in [0.717, 1.165) is 25.1 Å². The Balaban J connectivity index is 2.27. The molecule has 1 rings (SSSR count). The van der Waals surface area contributed by atoms with Crippen LogP contribution in [-0.4, -0.2) is 31.1 Å². The van der Waals surface area contributed by atoms with Crippen molar-refractivity contribution in [1.29, 1.82) is 0 Å². The number of carbonyl (C=O) groups is 1. The van der Waals surface area contributed by atoms with E-state index in [-0.39, 0.29) is 18.0 Å². The lowest BCUT2D eigenvalue weighted by molar-refractivity contribution is -0.122. The summed E-state index contributed by atoms with van der Waals surface area (Å²) in [5, 5.41) is 6.18. The summed E-state index contributed by atoms with van der Waals surface area (Å²) in [6.45, 7) is 9.34. The molecule has 2 atom stereocenters. The molecule has 4 nitrogen and oxygen atoms in total. The lowest BCUT2D eigenvalue weighted by Gasteiger charge is -2.20. The first-order valence-corrected chi connectivity index (χ1v) is 7.76. The number of unbranched alkanes of at least 4 members (excludes halogenated alkanes) is 1. The van der Waals surface area contributed by atoms with Crippen molar-refractivity contribution in [1.82, 2.24) is 10.6 Å². The van der Waals surface area contributed by atoms with Crippen molar-refractivity contribution in [3.05, 3.63) is 29.8 Å². The van der Waals surface area contributed by atoms with Crippen molar-refractivity contribution in [2.75, 3.05) is 13.2 Å². The summed E-state index contributed by atoms with van der Waals surface area (Å²) >= 11 is 0. The second kappa shape index (κ2) is 9.40. The Morgan fingerprint density at radius 1 is 1.24 bits per heavy atom. The third kappa shape index (κ3) is 7.14. The number of ether oxygens (including phenoxy) is 1. The molecule has 0 aliphatic heterocycles. The van der Waals surface area contributed by atoms with E-state index in [1.807, 2.05) is 45.0 Å². The number of nitrogens with one attached hydrogen (secondary N) is 2. The topological polar surface area (TPSA) is 50.4 Å². The molecule has 21 heavy (non-hydrogen) atoms. The second-order valence-corrected chi connectivity index (χ2v) is 5.56. The maximum atomic E-state index is 11.9. The normalized spacial score (nSPS) is 13.5. The summed E-state index contributed by atoms with van der Waals surface area (Å²) in [4.78, 5) is 11.9. The lowest BCUT2D eigenvalue weighted by Crippen LogP contribution is -2.47. The average molecular weight is 292 g/mol. The van der Waals surface area contributed by atoms with E-state index in [1.165, 1.54) is 5.56 Å². The van der Waals surface area contributed by atoms with Gasteiger partial charge in [-0.25, -0.2) is 0 Å². The van der Waals surface area contributed by atoms with Crippen molar-refractivity contribution in [3.63, 3.8) is 0 Å². The monoisotopic (exact) mass is 292 g/mol. The number of carbonyl (C=O) groups excluding carboxylic acids is 1. The Labute approximate surface area is 128 Å². The van der Waals surface area contributed by atoms with Crippen LogP contribution in [0.3, 0.4) is 0 Å². The van der Waals surface area contributed by atoms with Gasteiger partial charge >= 0.3 is 0 Å². The third-order valence-corrected chi connectivity index (χ3v) is 3.28. The number of aryl methyl sites for hydroxylation is 1. The van der Waals surface area contributed by atoms with Gasteiger partial charge in [-0.1, -0.05) is 31.0 Å². The Morgan fingerprint density at radius 2 is 1.90 bits per heavy atom. The molecule has 2 N–H and O–H groups in total. The quantitative estimate of drug-likeness (QED) is 0.688. The van der Waals surface area contributed by atoms with Crippen molar-refractivity contribution < 1.29 is 9.53 Å². The van der Waals surface area contributed by atoms with Gasteiger partial charge in [0.25, 0.3) is 0 Å². The number of hydrogen-bond acceptors (Lipinski definition) is 3. The summed E-state index contributed by atoms with van der Waals surface area (Å²) in [6, 6.07) is 7.87. The van der Waals surface area contributed by atoms with Gasteiger partial charge in [0.1, 0.15) is 12.4 Å². The minimum Gasteiger partial charge on any atom is -0.492 e. The summed E-state index contributed by atoms with van der Waals surface area (Å²) < 4.78 is 5.71. The highest BCUT2D eigenvalue weighted by Crippen LogP contribution is 2.11. The van der Waals surface area contributed by atoms with Gasteiger partial charge in [-0.05, 0) is 39.3 Å². The summed E-state index contributed by atoms with van der Waals surface area (Å²) in [7, 11) is 0. The Bertz CT molecular complexity index is 417. The highest BCUT2D eigenvalue weighted by molar-refractivity contribution is 5.81. The lowest BCUT2D eigenvalue weighted by atomic mass is 10.2. The highest BCUT2D eigenvalue weighted by Gasteiger charge is 2.14. The fourth-order valence-corrected chi connectivity index (χ4v) is 1.95. The molecule has 0 saturated heterocycles. The van der Waals surface area contributed by atoms with Gasteiger partial charge in [0.05, 0.1) is 6.04 Å². The molecule has 0 spiro atoms. The van der Waals surface area contributed by atoms with Crippen LogP contribution in [0, 0.1) is 6.92 Å². The van der Waals surface area contributed by atoms with Crippen molar-refractivity contribution in [2.24, 2.45) is 0 Å². The van der Waals surface area contributed by atoms with Gasteiger partial charge in [0.2, 0.25) is 5.91 Å². The van der Waals surface area contributed by atoms with Crippen LogP contribution in [0.15, 0.2) is 24.3 Å². The van der Waals surface area contributed by atoms with Crippen LogP contribution in [-0.2, 0) is 4.79 Å². The van der Waals surface area contributed by atoms with Gasteiger partial charge < -0.3 is 15.4 Å². The van der Waals surface area contributed by atoms with E-state index in [2.05, 4.69) is 17.6 Å². The molecular formula is C17H28N2O2. The first kappa shape index (κ1) is 17.5. The van der Waals surface area contributed by atoms with Gasteiger partial charge in [0, 0.05) is 12.6 Å². The zero-order valence-corrected chi connectivity index (χ0v) is 13.6. The Morgan fingerprint density at radius 3 is 2.52 bits per heavy atom. The van der Waals surface area contributed by atoms with Gasteiger partial charge in [0.15, 0.2) is 0 Å². The first-order valence-electron chi connectivity index (χ1n) is 7.76. The molecule has 118 valence electrons. The van der Waals surface area contributed by atoms with E-state index in [1.54, 1.807) is 0 Å². The molecule has 0 radical (unpaired) electrons. The average Bonchev–Trinajstić information content (AvgIpc) is 2.46. The van der Waals surface area contributed by atoms with Crippen molar-refractivity contribution in [3.8, 4) is 5.75 Å². The van der Waals surface area contributed by atoms with Crippen LogP contribution >= 0.6 is 0 Å². The van der Waals surface area contributed by atoms with Crippen LogP contribution in [0.25, 0.3) is 0 Å². The molecule has 0 aliphatic carbocycles. The van der Waals surface area contributed by atoms with Crippen LogP contribution in [0.2, 0.25) is 0 Å². The molecule has 1 aromatic carbocycles. The molecular weight excluding hydrogens is 264 g/mol. The van der Waals surface area contributed by atoms with Crippen molar-refractivity contribution in [2.45, 2.75) is 52.6 Å². The number of benzene rings is 1. The van der Waals surface area contributed by atoms with Crippen LogP contribution in [0.5, 0.6) is 5.75 Å². The maximum Gasteiger partial charge on any atom is 0.236 e. The molecule has 1 amide bonds. The van der Waals surface area contributed by atoms with Gasteiger partial charge in [-0.2, -0.15) is 0 Å². The number of amides is 1. The molecule has 1 aromatic rings. The molecule has 0 aromatic heterocycles. The zero-order valence-electron chi connectivity index (χ0n) is 13.6. The first-order chi connectivity index (χ1) is 10.0. The number of hydrogen-bond donors (Lipinski definition) is 2. The van der Waals surface area contributed by atoms with E-state index in [9.17, 15) is 4.79 Å². The number of rotatable bonds is 9. The van der Waals surface area contributed by atoms with Crippen LogP contribution in [0.1, 0.15) is 39.2 Å². The van der Waals surface area contributed by atoms with Crippen LogP contribution in [0.4, 0.5) is 0 Å². The molecule has 2 unspecified atom stereocenters.